The smallest absolute Gasteiger partial charge is 0.364 e. The summed E-state index contributed by atoms with van der Waals surface area (Å²) in [7, 11) is 0. The molecular formula is C14H14F3N3. The van der Waals surface area contributed by atoms with Crippen LogP contribution in [-0.4, -0.2) is 9.97 Å². The molecule has 3 nitrogen and oxygen atoms in total. The first-order chi connectivity index (χ1) is 9.36. The first-order valence-electron chi connectivity index (χ1n) is 6.06. The van der Waals surface area contributed by atoms with Crippen LogP contribution >= 0.6 is 0 Å². The molecule has 1 heterocycles. The van der Waals surface area contributed by atoms with Crippen molar-refractivity contribution in [2.45, 2.75) is 26.6 Å². The fraction of sp³-hybridized carbons (Fsp3) is 0.286. The Morgan fingerprint density at radius 2 is 1.75 bits per heavy atom. The zero-order valence-electron chi connectivity index (χ0n) is 11.1. The quantitative estimate of drug-likeness (QED) is 0.931. The molecule has 2 rings (SSSR count). The van der Waals surface area contributed by atoms with Crippen LogP contribution in [0.25, 0.3) is 0 Å². The van der Waals surface area contributed by atoms with Crippen molar-refractivity contribution in [3.63, 3.8) is 0 Å². The fourth-order valence-electron chi connectivity index (χ4n) is 1.70. The van der Waals surface area contributed by atoms with Crippen LogP contribution in [0.4, 0.5) is 19.0 Å². The van der Waals surface area contributed by atoms with Crippen molar-refractivity contribution >= 4 is 5.82 Å². The van der Waals surface area contributed by atoms with Gasteiger partial charge in [-0.3, -0.25) is 4.98 Å². The van der Waals surface area contributed by atoms with Crippen LogP contribution in [0.5, 0.6) is 0 Å². The lowest BCUT2D eigenvalue weighted by Crippen LogP contribution is -2.07. The van der Waals surface area contributed by atoms with Crippen LogP contribution in [0.15, 0.2) is 30.5 Å². The SMILES string of the molecule is Cc1cnc(C)c(NCc2ccc(C(F)(F)F)cc2)n1. The van der Waals surface area contributed by atoms with Gasteiger partial charge in [-0.2, -0.15) is 13.2 Å². The van der Waals surface area contributed by atoms with Crippen molar-refractivity contribution in [2.24, 2.45) is 0 Å². The number of aryl methyl sites for hydroxylation is 2. The number of nitrogens with one attached hydrogen (secondary N) is 1. The molecule has 0 fully saturated rings. The lowest BCUT2D eigenvalue weighted by Gasteiger charge is -2.10. The Morgan fingerprint density at radius 3 is 2.35 bits per heavy atom. The number of alkyl halides is 3. The van der Waals surface area contributed by atoms with Crippen molar-refractivity contribution in [3.05, 3.63) is 53.0 Å². The molecular weight excluding hydrogens is 267 g/mol. The van der Waals surface area contributed by atoms with Gasteiger partial charge in [-0.15, -0.1) is 0 Å². The summed E-state index contributed by atoms with van der Waals surface area (Å²) >= 11 is 0. The molecule has 0 saturated carbocycles. The Kier molecular flexibility index (Phi) is 3.92. The maximum atomic E-state index is 12.4. The van der Waals surface area contributed by atoms with Gasteiger partial charge in [-0.1, -0.05) is 12.1 Å². The van der Waals surface area contributed by atoms with Crippen molar-refractivity contribution in [1.29, 1.82) is 0 Å². The van der Waals surface area contributed by atoms with E-state index in [9.17, 15) is 13.2 Å². The minimum absolute atomic E-state index is 0.400. The fourth-order valence-corrected chi connectivity index (χ4v) is 1.70. The summed E-state index contributed by atoms with van der Waals surface area (Å²) in [5.41, 5.74) is 1.64. The molecule has 0 aliphatic heterocycles. The summed E-state index contributed by atoms with van der Waals surface area (Å²) in [6, 6.07) is 5.06. The molecule has 6 heteroatoms. The Balaban J connectivity index is 2.06. The minimum atomic E-state index is -4.30. The minimum Gasteiger partial charge on any atom is -0.364 e. The third-order valence-electron chi connectivity index (χ3n) is 2.82. The molecule has 0 saturated heterocycles. The number of halogens is 3. The molecule has 0 amide bonds. The van der Waals surface area contributed by atoms with E-state index in [1.165, 1.54) is 12.1 Å². The van der Waals surface area contributed by atoms with E-state index in [4.69, 9.17) is 0 Å². The van der Waals surface area contributed by atoms with Crippen molar-refractivity contribution < 1.29 is 13.2 Å². The van der Waals surface area contributed by atoms with Crippen molar-refractivity contribution in [1.82, 2.24) is 9.97 Å². The molecule has 1 aromatic heterocycles. The molecule has 0 aliphatic carbocycles. The first kappa shape index (κ1) is 14.3. The van der Waals surface area contributed by atoms with Crippen molar-refractivity contribution in [3.8, 4) is 0 Å². The van der Waals surface area contributed by atoms with Gasteiger partial charge in [0.1, 0.15) is 5.82 Å². The summed E-state index contributed by atoms with van der Waals surface area (Å²) in [5.74, 6) is 0.643. The maximum Gasteiger partial charge on any atom is 0.416 e. The highest BCUT2D eigenvalue weighted by atomic mass is 19.4. The van der Waals surface area contributed by atoms with E-state index in [-0.39, 0.29) is 0 Å². The van der Waals surface area contributed by atoms with E-state index < -0.39 is 11.7 Å². The molecule has 0 radical (unpaired) electrons. The second-order valence-electron chi connectivity index (χ2n) is 4.49. The predicted octanol–water partition coefficient (Wildman–Crippen LogP) is 3.72. The number of hydrogen-bond donors (Lipinski definition) is 1. The molecule has 106 valence electrons. The summed E-state index contributed by atoms with van der Waals surface area (Å²) in [6.45, 7) is 4.05. The van der Waals surface area contributed by atoms with Gasteiger partial charge in [0, 0.05) is 12.7 Å². The second-order valence-corrected chi connectivity index (χ2v) is 4.49. The molecule has 0 bridgehead atoms. The zero-order valence-corrected chi connectivity index (χ0v) is 11.1. The van der Waals surface area contributed by atoms with Gasteiger partial charge in [0.15, 0.2) is 0 Å². The van der Waals surface area contributed by atoms with Gasteiger partial charge in [0.25, 0.3) is 0 Å². The average molecular weight is 281 g/mol. The Hall–Kier alpha value is -2.11. The topological polar surface area (TPSA) is 37.8 Å². The van der Waals surface area contributed by atoms with E-state index in [0.717, 1.165) is 29.1 Å². The molecule has 0 aliphatic rings. The normalized spacial score (nSPS) is 11.4. The third-order valence-corrected chi connectivity index (χ3v) is 2.82. The highest BCUT2D eigenvalue weighted by molar-refractivity contribution is 5.40. The largest absolute Gasteiger partial charge is 0.416 e. The second kappa shape index (κ2) is 5.48. The lowest BCUT2D eigenvalue weighted by atomic mass is 10.1. The van der Waals surface area contributed by atoms with Crippen LogP contribution in [0.3, 0.4) is 0 Å². The van der Waals surface area contributed by atoms with E-state index in [1.54, 1.807) is 6.20 Å². The first-order valence-corrected chi connectivity index (χ1v) is 6.06. The van der Waals surface area contributed by atoms with E-state index in [1.807, 2.05) is 13.8 Å². The van der Waals surface area contributed by atoms with Crippen LogP contribution in [-0.2, 0) is 12.7 Å². The zero-order chi connectivity index (χ0) is 14.8. The molecule has 1 aromatic carbocycles. The molecule has 1 N–H and O–H groups in total. The molecule has 0 unspecified atom stereocenters. The lowest BCUT2D eigenvalue weighted by molar-refractivity contribution is -0.137. The Morgan fingerprint density at radius 1 is 1.10 bits per heavy atom. The van der Waals surface area contributed by atoms with Gasteiger partial charge in [0.05, 0.1) is 17.0 Å². The van der Waals surface area contributed by atoms with Gasteiger partial charge < -0.3 is 5.32 Å². The Bertz CT molecular complexity index is 592. The number of nitrogens with zero attached hydrogens (tertiary/aromatic N) is 2. The molecule has 2 aromatic rings. The van der Waals surface area contributed by atoms with Crippen LogP contribution in [0.1, 0.15) is 22.5 Å². The van der Waals surface area contributed by atoms with Gasteiger partial charge in [-0.25, -0.2) is 4.98 Å². The van der Waals surface area contributed by atoms with Crippen molar-refractivity contribution in [2.75, 3.05) is 5.32 Å². The molecule has 0 atom stereocenters. The average Bonchev–Trinajstić information content (AvgIpc) is 2.39. The van der Waals surface area contributed by atoms with Gasteiger partial charge >= 0.3 is 6.18 Å². The number of anilines is 1. The van der Waals surface area contributed by atoms with Crippen LogP contribution in [0, 0.1) is 13.8 Å². The summed E-state index contributed by atoms with van der Waals surface area (Å²) in [4.78, 5) is 8.45. The molecule has 20 heavy (non-hydrogen) atoms. The number of benzene rings is 1. The van der Waals surface area contributed by atoms with Crippen LogP contribution in [0.2, 0.25) is 0 Å². The highest BCUT2D eigenvalue weighted by Gasteiger charge is 2.29. The maximum absolute atomic E-state index is 12.4. The van der Waals surface area contributed by atoms with Crippen LogP contribution < -0.4 is 5.32 Å². The van der Waals surface area contributed by atoms with Gasteiger partial charge in [0.2, 0.25) is 0 Å². The number of aromatic nitrogens is 2. The number of hydrogen-bond acceptors (Lipinski definition) is 3. The monoisotopic (exact) mass is 281 g/mol. The van der Waals surface area contributed by atoms with E-state index in [0.29, 0.717) is 12.4 Å². The predicted molar refractivity (Wildman–Crippen MR) is 70.3 cm³/mol. The summed E-state index contributed by atoms with van der Waals surface area (Å²) in [6.07, 6.45) is -2.64. The third kappa shape index (κ3) is 3.46. The highest BCUT2D eigenvalue weighted by Crippen LogP contribution is 2.29. The summed E-state index contributed by atoms with van der Waals surface area (Å²) in [5, 5.41) is 3.07. The number of rotatable bonds is 3. The van der Waals surface area contributed by atoms with Gasteiger partial charge in [-0.05, 0) is 31.5 Å². The molecule has 0 spiro atoms. The van der Waals surface area contributed by atoms with E-state index in [2.05, 4.69) is 15.3 Å². The van der Waals surface area contributed by atoms with E-state index >= 15 is 0 Å². The summed E-state index contributed by atoms with van der Waals surface area (Å²) < 4.78 is 37.3. The standard InChI is InChI=1S/C14H14F3N3/c1-9-7-18-10(2)13(20-9)19-8-11-3-5-12(6-4-11)14(15,16)17/h3-7H,8H2,1-2H3,(H,19,20). The Labute approximate surface area is 114 Å².